The van der Waals surface area contributed by atoms with Crippen molar-refractivity contribution in [3.05, 3.63) is 87.4 Å². The molecule has 1 amide bonds. The molecule has 3 aromatic carbocycles. The first kappa shape index (κ1) is 28.1. The second-order valence-electron chi connectivity index (χ2n) is 8.05. The zero-order valence-electron chi connectivity index (χ0n) is 19.7. The molecule has 0 atom stereocenters. The van der Waals surface area contributed by atoms with Gasteiger partial charge in [0.05, 0.1) is 16.3 Å². The van der Waals surface area contributed by atoms with Crippen molar-refractivity contribution >= 4 is 54.8 Å². The van der Waals surface area contributed by atoms with Crippen molar-refractivity contribution in [2.24, 2.45) is 0 Å². The normalized spacial score (nSPS) is 12.1. The highest BCUT2D eigenvalue weighted by atomic mass is 35.5. The number of amides is 1. The van der Waals surface area contributed by atoms with Gasteiger partial charge in [-0.2, -0.15) is 4.31 Å². The molecule has 0 heterocycles. The molecule has 8 nitrogen and oxygen atoms in total. The van der Waals surface area contributed by atoms with E-state index in [0.717, 1.165) is 9.87 Å². The lowest BCUT2D eigenvalue weighted by atomic mass is 10.2. The number of sulfonamides is 2. The summed E-state index contributed by atoms with van der Waals surface area (Å²) < 4.78 is 54.5. The van der Waals surface area contributed by atoms with Crippen LogP contribution in [-0.4, -0.2) is 40.6 Å². The number of hydrogen-bond donors (Lipinski definition) is 2. The molecule has 0 aliphatic rings. The van der Waals surface area contributed by atoms with Gasteiger partial charge in [0.2, 0.25) is 26.0 Å². The van der Waals surface area contributed by atoms with Gasteiger partial charge in [0.1, 0.15) is 0 Å². The Bertz CT molecular complexity index is 1490. The number of benzene rings is 3. The number of carbonyl (C=O) groups is 1. The molecule has 0 unspecified atom stereocenters. The number of rotatable bonds is 9. The average Bonchev–Trinajstić information content (AvgIpc) is 2.81. The fourth-order valence-corrected chi connectivity index (χ4v) is 5.89. The Morgan fingerprint density at radius 2 is 1.53 bits per heavy atom. The third kappa shape index (κ3) is 6.64. The minimum atomic E-state index is -4.10. The fourth-order valence-electron chi connectivity index (χ4n) is 3.30. The Balaban J connectivity index is 1.95. The first-order valence-corrected chi connectivity index (χ1v) is 14.4. The minimum Gasteiger partial charge on any atom is -0.325 e. The van der Waals surface area contributed by atoms with Gasteiger partial charge >= 0.3 is 0 Å². The topological polar surface area (TPSA) is 113 Å². The van der Waals surface area contributed by atoms with Gasteiger partial charge in [-0.25, -0.2) is 21.6 Å². The van der Waals surface area contributed by atoms with E-state index in [9.17, 15) is 21.6 Å². The molecule has 0 aromatic heterocycles. The average molecular weight is 571 g/mol. The Morgan fingerprint density at radius 1 is 0.889 bits per heavy atom. The van der Waals surface area contributed by atoms with Gasteiger partial charge in [0.25, 0.3) is 0 Å². The maximum Gasteiger partial charge on any atom is 0.243 e. The molecule has 0 aliphatic heterocycles. The summed E-state index contributed by atoms with van der Waals surface area (Å²) in [7, 11) is -6.56. The Hall–Kier alpha value is -2.47. The van der Waals surface area contributed by atoms with Crippen molar-refractivity contribution in [2.75, 3.05) is 18.9 Å². The molecule has 0 saturated heterocycles. The number of aryl methyl sites for hydroxylation is 2. The zero-order chi connectivity index (χ0) is 26.7. The van der Waals surface area contributed by atoms with Gasteiger partial charge in [-0.05, 0) is 68.4 Å². The van der Waals surface area contributed by atoms with Gasteiger partial charge in [-0.15, -0.1) is 0 Å². The van der Waals surface area contributed by atoms with Crippen molar-refractivity contribution in [1.29, 1.82) is 0 Å². The number of nitrogens with zero attached hydrogens (tertiary/aromatic N) is 1. The molecule has 3 aromatic rings. The van der Waals surface area contributed by atoms with Crippen LogP contribution in [0.3, 0.4) is 0 Å². The van der Waals surface area contributed by atoms with E-state index in [1.54, 1.807) is 37.3 Å². The third-order valence-electron chi connectivity index (χ3n) is 5.40. The highest BCUT2D eigenvalue weighted by Crippen LogP contribution is 2.26. The third-order valence-corrected chi connectivity index (χ3v) is 9.21. The maximum absolute atomic E-state index is 13.5. The predicted octanol–water partition coefficient (Wildman–Crippen LogP) is 4.35. The van der Waals surface area contributed by atoms with Crippen molar-refractivity contribution in [3.63, 3.8) is 0 Å². The van der Waals surface area contributed by atoms with Crippen LogP contribution in [0, 0.1) is 13.8 Å². The first-order chi connectivity index (χ1) is 16.8. The maximum atomic E-state index is 13.5. The summed E-state index contributed by atoms with van der Waals surface area (Å²) in [5.41, 5.74) is 2.19. The molecule has 0 bridgehead atoms. The van der Waals surface area contributed by atoms with E-state index < -0.39 is 32.5 Å². The molecule has 0 fully saturated rings. The quantitative estimate of drug-likeness (QED) is 0.397. The SMILES string of the molecule is CNS(=O)(=O)c1ccc(C)c(NC(=O)CN(Cc2ccc(Cl)cc2Cl)S(=O)(=O)c2ccc(C)cc2)c1. The first-order valence-electron chi connectivity index (χ1n) is 10.7. The van der Waals surface area contributed by atoms with Crippen LogP contribution < -0.4 is 10.0 Å². The molecule has 0 saturated carbocycles. The van der Waals surface area contributed by atoms with Crippen LogP contribution in [0.25, 0.3) is 0 Å². The fraction of sp³-hybridized carbons (Fsp3) is 0.208. The van der Waals surface area contributed by atoms with Crippen molar-refractivity contribution in [1.82, 2.24) is 9.03 Å². The van der Waals surface area contributed by atoms with Gasteiger partial charge in [-0.1, -0.05) is 53.0 Å². The van der Waals surface area contributed by atoms with E-state index in [-0.39, 0.29) is 27.0 Å². The van der Waals surface area contributed by atoms with Gasteiger partial charge < -0.3 is 5.32 Å². The van der Waals surface area contributed by atoms with Crippen molar-refractivity contribution < 1.29 is 21.6 Å². The Labute approximate surface area is 221 Å². The van der Waals surface area contributed by atoms with Gasteiger partial charge in [-0.3, -0.25) is 4.79 Å². The summed E-state index contributed by atoms with van der Waals surface area (Å²) in [6.07, 6.45) is 0. The Kier molecular flexibility index (Phi) is 8.81. The van der Waals surface area contributed by atoms with Crippen LogP contribution in [0.2, 0.25) is 10.0 Å². The molecule has 0 spiro atoms. The second kappa shape index (κ2) is 11.3. The molecular weight excluding hydrogens is 545 g/mol. The van der Waals surface area contributed by atoms with Crippen molar-refractivity contribution in [3.8, 4) is 0 Å². The van der Waals surface area contributed by atoms with E-state index in [2.05, 4.69) is 10.0 Å². The molecule has 2 N–H and O–H groups in total. The second-order valence-corrected chi connectivity index (χ2v) is 12.7. The molecular formula is C24H25Cl2N3O5S2. The lowest BCUT2D eigenvalue weighted by Crippen LogP contribution is -2.37. The van der Waals surface area contributed by atoms with Crippen molar-refractivity contribution in [2.45, 2.75) is 30.2 Å². The molecule has 0 radical (unpaired) electrons. The van der Waals surface area contributed by atoms with Gasteiger partial charge in [0.15, 0.2) is 0 Å². The number of anilines is 1. The molecule has 36 heavy (non-hydrogen) atoms. The zero-order valence-corrected chi connectivity index (χ0v) is 22.9. The lowest BCUT2D eigenvalue weighted by molar-refractivity contribution is -0.116. The number of hydrogen-bond acceptors (Lipinski definition) is 5. The van der Waals surface area contributed by atoms with Gasteiger partial charge in [0, 0.05) is 22.3 Å². The highest BCUT2D eigenvalue weighted by molar-refractivity contribution is 7.89. The largest absolute Gasteiger partial charge is 0.325 e. The van der Waals surface area contributed by atoms with Crippen LogP contribution in [0.1, 0.15) is 16.7 Å². The number of nitrogens with one attached hydrogen (secondary N) is 2. The summed E-state index contributed by atoms with van der Waals surface area (Å²) in [6.45, 7) is 2.80. The van der Waals surface area contributed by atoms with E-state index in [1.165, 1.54) is 37.4 Å². The summed E-state index contributed by atoms with van der Waals surface area (Å²) in [5.74, 6) is -0.655. The van der Waals surface area contributed by atoms with E-state index in [4.69, 9.17) is 23.2 Å². The summed E-state index contributed by atoms with van der Waals surface area (Å²) in [6, 6.07) is 15.2. The van der Waals surface area contributed by atoms with Crippen LogP contribution in [-0.2, 0) is 31.4 Å². The molecule has 3 rings (SSSR count). The van der Waals surface area contributed by atoms with Crippen LogP contribution in [0.15, 0.2) is 70.5 Å². The van der Waals surface area contributed by atoms with Crippen LogP contribution in [0.5, 0.6) is 0 Å². The predicted molar refractivity (Wildman–Crippen MR) is 141 cm³/mol. The summed E-state index contributed by atoms with van der Waals surface area (Å²) >= 11 is 12.3. The monoisotopic (exact) mass is 569 g/mol. The molecule has 12 heteroatoms. The molecule has 0 aliphatic carbocycles. The molecule has 192 valence electrons. The minimum absolute atomic E-state index is 0.0178. The van der Waals surface area contributed by atoms with E-state index in [1.807, 2.05) is 6.92 Å². The van der Waals surface area contributed by atoms with E-state index >= 15 is 0 Å². The van der Waals surface area contributed by atoms with E-state index in [0.29, 0.717) is 16.1 Å². The smallest absolute Gasteiger partial charge is 0.243 e. The van der Waals surface area contributed by atoms with Crippen LogP contribution in [0.4, 0.5) is 5.69 Å². The van der Waals surface area contributed by atoms with Crippen LogP contribution >= 0.6 is 23.2 Å². The summed E-state index contributed by atoms with van der Waals surface area (Å²) in [4.78, 5) is 13.0. The standard InChI is InChI=1S/C24H25Cl2N3O5S2/c1-16-4-9-20(10-5-16)36(33,34)29(14-18-7-8-19(25)12-22(18)26)15-24(30)28-23-13-21(11-6-17(23)2)35(31,32)27-3/h4-13,27H,14-15H2,1-3H3,(H,28,30). The summed E-state index contributed by atoms with van der Waals surface area (Å²) in [5, 5.41) is 3.28. The Morgan fingerprint density at radius 3 is 2.14 bits per heavy atom. The lowest BCUT2D eigenvalue weighted by Gasteiger charge is -2.23. The number of halogens is 2. The highest BCUT2D eigenvalue weighted by Gasteiger charge is 2.28. The number of carbonyl (C=O) groups excluding carboxylic acids is 1.